The Morgan fingerprint density at radius 3 is 2.44 bits per heavy atom. The molecule has 0 saturated carbocycles. The number of methoxy groups -OCH3 is 1. The largest absolute Gasteiger partial charge is 0.504 e. The highest BCUT2D eigenvalue weighted by molar-refractivity contribution is 5.94. The molecule has 1 fully saturated rings. The zero-order valence-corrected chi connectivity index (χ0v) is 23.5. The first-order chi connectivity index (χ1) is 19.7. The molecule has 3 rings (SSSR count). The topological polar surface area (TPSA) is 164 Å². The lowest BCUT2D eigenvalue weighted by molar-refractivity contribution is -0.289. The minimum absolute atomic E-state index is 0.0145. The van der Waals surface area contributed by atoms with E-state index in [0.29, 0.717) is 31.4 Å². The molecule has 2 aromatic carbocycles. The number of phenolic OH excluding ortho intramolecular Hbond substituents is 1. The van der Waals surface area contributed by atoms with Crippen LogP contribution in [0.5, 0.6) is 11.5 Å². The maximum Gasteiger partial charge on any atom is 0.334 e. The second kappa shape index (κ2) is 15.5. The molecule has 11 nitrogen and oxygen atoms in total. The third-order valence-corrected chi connectivity index (χ3v) is 6.74. The van der Waals surface area contributed by atoms with Crippen LogP contribution in [0.1, 0.15) is 36.5 Å². The molecule has 5 unspecified atom stereocenters. The second-order valence-electron chi connectivity index (χ2n) is 9.79. The number of nitrogens with one attached hydrogen (secondary N) is 1. The van der Waals surface area contributed by atoms with Crippen LogP contribution in [0.15, 0.2) is 48.0 Å². The number of benzene rings is 2. The molecule has 1 aliphatic rings. The molecule has 1 heterocycles. The van der Waals surface area contributed by atoms with Crippen LogP contribution in [-0.4, -0.2) is 90.4 Å². The van der Waals surface area contributed by atoms with Crippen molar-refractivity contribution >= 4 is 18.0 Å². The lowest BCUT2D eigenvalue weighted by Crippen LogP contribution is -2.60. The number of aryl methyl sites for hydroxylation is 1. The lowest BCUT2D eigenvalue weighted by atomic mass is 9.96. The average Bonchev–Trinajstić information content (AvgIpc) is 2.94. The van der Waals surface area contributed by atoms with Crippen LogP contribution in [0.2, 0.25) is 0 Å². The fraction of sp³-hybridized carbons (Fsp3) is 0.467. The van der Waals surface area contributed by atoms with E-state index in [2.05, 4.69) is 5.32 Å². The summed E-state index contributed by atoms with van der Waals surface area (Å²) < 4.78 is 21.7. The molecule has 1 saturated heterocycles. The predicted molar refractivity (Wildman–Crippen MR) is 149 cm³/mol. The number of ether oxygens (including phenoxy) is 4. The molecule has 41 heavy (non-hydrogen) atoms. The summed E-state index contributed by atoms with van der Waals surface area (Å²) in [4.78, 5) is 25.4. The quantitative estimate of drug-likeness (QED) is 0.174. The normalized spacial score (nSPS) is 22.7. The molecular formula is C30H39NO10. The zero-order valence-electron chi connectivity index (χ0n) is 23.5. The molecule has 5 N–H and O–H groups in total. The number of rotatable bonds is 13. The van der Waals surface area contributed by atoms with Gasteiger partial charge in [-0.05, 0) is 74.2 Å². The van der Waals surface area contributed by atoms with E-state index in [1.54, 1.807) is 25.3 Å². The highest BCUT2D eigenvalue weighted by Gasteiger charge is 2.49. The van der Waals surface area contributed by atoms with Gasteiger partial charge in [-0.15, -0.1) is 0 Å². The van der Waals surface area contributed by atoms with Crippen LogP contribution < -0.4 is 10.1 Å². The van der Waals surface area contributed by atoms with Gasteiger partial charge in [0.25, 0.3) is 0 Å². The maximum absolute atomic E-state index is 13.6. The Labute approximate surface area is 239 Å². The summed E-state index contributed by atoms with van der Waals surface area (Å²) in [5.74, 6) is -1.38. The van der Waals surface area contributed by atoms with Crippen molar-refractivity contribution in [2.24, 2.45) is 0 Å². The molecule has 0 spiro atoms. The highest BCUT2D eigenvalue weighted by Crippen LogP contribution is 2.30. The fourth-order valence-electron chi connectivity index (χ4n) is 4.65. The van der Waals surface area contributed by atoms with Crippen molar-refractivity contribution in [2.45, 2.75) is 63.3 Å². The molecule has 0 bridgehead atoms. The lowest BCUT2D eigenvalue weighted by Gasteiger charge is -2.41. The van der Waals surface area contributed by atoms with Crippen molar-refractivity contribution in [3.05, 3.63) is 64.7 Å². The van der Waals surface area contributed by atoms with Gasteiger partial charge in [0.15, 0.2) is 30.0 Å². The van der Waals surface area contributed by atoms with Crippen LogP contribution >= 0.6 is 0 Å². The summed E-state index contributed by atoms with van der Waals surface area (Å²) in [6.07, 6.45) is -3.65. The summed E-state index contributed by atoms with van der Waals surface area (Å²) in [7, 11) is 3.13. The second-order valence-corrected chi connectivity index (χ2v) is 9.79. The van der Waals surface area contributed by atoms with Crippen molar-refractivity contribution in [1.29, 1.82) is 0 Å². The van der Waals surface area contributed by atoms with Crippen LogP contribution in [0, 0.1) is 0 Å². The summed E-state index contributed by atoms with van der Waals surface area (Å²) in [5.41, 5.74) is 2.64. The van der Waals surface area contributed by atoms with Gasteiger partial charge < -0.3 is 44.7 Å². The van der Waals surface area contributed by atoms with Gasteiger partial charge in [-0.3, -0.25) is 4.79 Å². The summed E-state index contributed by atoms with van der Waals surface area (Å²) in [5, 5.41) is 43.8. The third kappa shape index (κ3) is 9.00. The van der Waals surface area contributed by atoms with Crippen molar-refractivity contribution in [3.8, 4) is 11.5 Å². The number of hydrogen-bond donors (Lipinski definition) is 5. The van der Waals surface area contributed by atoms with Gasteiger partial charge in [0.2, 0.25) is 0 Å². The first-order valence-electron chi connectivity index (χ1n) is 13.5. The van der Waals surface area contributed by atoms with Gasteiger partial charge >= 0.3 is 11.9 Å². The van der Waals surface area contributed by atoms with E-state index in [9.17, 15) is 30.0 Å². The predicted octanol–water partition coefficient (Wildman–Crippen LogP) is 1.48. The Hall–Kier alpha value is -3.48. The van der Waals surface area contributed by atoms with Gasteiger partial charge in [0.1, 0.15) is 6.10 Å². The van der Waals surface area contributed by atoms with E-state index >= 15 is 0 Å². The van der Waals surface area contributed by atoms with E-state index in [4.69, 9.17) is 18.9 Å². The number of aliphatic hydroxyl groups excluding tert-OH is 3. The summed E-state index contributed by atoms with van der Waals surface area (Å²) in [6.45, 7) is 1.64. The standard InChI is InChI=1S/C30H39NO10/c1-18(33)39-27-26(35)24(11-13-31-2)40-30(37)28(27)41-29(36)22(16-21-8-10-23(34)25(17-21)38-3)9-7-19-5-4-6-20(15-19)12-14-32/h4-6,8,10,15-17,24,26-28,30-32,34-35,37H,7,9,11-14H2,1-3H3. The summed E-state index contributed by atoms with van der Waals surface area (Å²) >= 11 is 0. The molecule has 224 valence electrons. The van der Waals surface area contributed by atoms with E-state index in [1.165, 1.54) is 13.2 Å². The van der Waals surface area contributed by atoms with Crippen LogP contribution in [0.4, 0.5) is 0 Å². The first kappa shape index (κ1) is 32.0. The van der Waals surface area contributed by atoms with E-state index < -0.39 is 42.6 Å². The van der Waals surface area contributed by atoms with Crippen LogP contribution in [0.3, 0.4) is 0 Å². The Morgan fingerprint density at radius 2 is 1.78 bits per heavy atom. The average molecular weight is 574 g/mol. The first-order valence-corrected chi connectivity index (χ1v) is 13.5. The molecule has 2 aromatic rings. The van der Waals surface area contributed by atoms with Crippen LogP contribution in [0.25, 0.3) is 6.08 Å². The van der Waals surface area contributed by atoms with Crippen molar-refractivity contribution in [1.82, 2.24) is 5.32 Å². The molecule has 0 radical (unpaired) electrons. The Balaban J connectivity index is 1.89. The smallest absolute Gasteiger partial charge is 0.334 e. The number of aromatic hydroxyl groups is 1. The zero-order chi connectivity index (χ0) is 29.9. The minimum atomic E-state index is -1.65. The number of carbonyl (C=O) groups is 2. The van der Waals surface area contributed by atoms with Gasteiger partial charge in [-0.1, -0.05) is 30.3 Å². The number of phenols is 1. The number of esters is 2. The number of aliphatic hydroxyl groups is 3. The maximum atomic E-state index is 13.6. The van der Waals surface area contributed by atoms with Crippen LogP contribution in [-0.2, 0) is 36.6 Å². The molecule has 0 aliphatic carbocycles. The van der Waals surface area contributed by atoms with Crippen molar-refractivity contribution in [2.75, 3.05) is 27.3 Å². The molecule has 11 heteroatoms. The highest BCUT2D eigenvalue weighted by atomic mass is 16.7. The van der Waals surface area contributed by atoms with E-state index in [-0.39, 0.29) is 30.1 Å². The van der Waals surface area contributed by atoms with Gasteiger partial charge in [0.05, 0.1) is 13.2 Å². The molecule has 5 atom stereocenters. The molecular weight excluding hydrogens is 534 g/mol. The molecule has 0 amide bonds. The number of carbonyl (C=O) groups excluding carboxylic acids is 2. The third-order valence-electron chi connectivity index (χ3n) is 6.74. The summed E-state index contributed by atoms with van der Waals surface area (Å²) in [6, 6.07) is 12.2. The SMILES string of the molecule is CNCCC1OC(O)C(OC(=O)C(=Cc2ccc(O)c(OC)c2)CCc2cccc(CCO)c2)C(OC(C)=O)C1O. The monoisotopic (exact) mass is 573 g/mol. The molecule has 1 aliphatic heterocycles. The Bertz CT molecular complexity index is 1200. The van der Waals surface area contributed by atoms with Gasteiger partial charge in [0, 0.05) is 19.1 Å². The van der Waals surface area contributed by atoms with Gasteiger partial charge in [-0.2, -0.15) is 0 Å². The Morgan fingerprint density at radius 1 is 1.05 bits per heavy atom. The van der Waals surface area contributed by atoms with E-state index in [1.807, 2.05) is 24.3 Å². The van der Waals surface area contributed by atoms with Gasteiger partial charge in [-0.25, -0.2) is 4.79 Å². The fourth-order valence-corrected chi connectivity index (χ4v) is 4.65. The van der Waals surface area contributed by atoms with Crippen molar-refractivity contribution in [3.63, 3.8) is 0 Å². The Kier molecular flexibility index (Phi) is 12.1. The van der Waals surface area contributed by atoms with Crippen molar-refractivity contribution < 1.29 is 49.0 Å². The van der Waals surface area contributed by atoms with E-state index in [0.717, 1.165) is 18.1 Å². The minimum Gasteiger partial charge on any atom is -0.504 e. The molecule has 0 aromatic heterocycles. The number of hydrogen-bond acceptors (Lipinski definition) is 11.